The van der Waals surface area contributed by atoms with E-state index >= 15 is 0 Å². The van der Waals surface area contributed by atoms with Crippen LogP contribution in [-0.2, 0) is 0 Å². The van der Waals surface area contributed by atoms with Gasteiger partial charge in [0.25, 0.3) is 0 Å². The van der Waals surface area contributed by atoms with Gasteiger partial charge in [0.15, 0.2) is 17.9 Å². The summed E-state index contributed by atoms with van der Waals surface area (Å²) in [7, 11) is 8.32. The Balaban J connectivity index is 1.98. The maximum absolute atomic E-state index is 11.4. The number of aldehydes is 1. The minimum atomic E-state index is 0.456. The Labute approximate surface area is 167 Å². The molecule has 0 unspecified atom stereocenters. The van der Waals surface area contributed by atoms with Gasteiger partial charge in [-0.1, -0.05) is 0 Å². The van der Waals surface area contributed by atoms with Crippen molar-refractivity contribution < 1.29 is 4.79 Å². The summed E-state index contributed by atoms with van der Waals surface area (Å²) in [4.78, 5) is 29.5. The fourth-order valence-electron chi connectivity index (χ4n) is 3.51. The van der Waals surface area contributed by atoms with Crippen LogP contribution in [0.5, 0.6) is 0 Å². The molecule has 0 N–H and O–H groups in total. The third-order valence-corrected chi connectivity index (χ3v) is 4.83. The van der Waals surface area contributed by atoms with Crippen LogP contribution in [0, 0.1) is 0 Å². The second-order valence-corrected chi connectivity index (χ2v) is 7.66. The molecule has 0 bridgehead atoms. The molecule has 0 atom stereocenters. The van der Waals surface area contributed by atoms with E-state index in [0.717, 1.165) is 68.3 Å². The highest BCUT2D eigenvalue weighted by molar-refractivity contribution is 5.90. The first-order valence-electron chi connectivity index (χ1n) is 9.77. The molecular formula is C21H30N6O. The van der Waals surface area contributed by atoms with E-state index in [0.29, 0.717) is 5.69 Å². The summed E-state index contributed by atoms with van der Waals surface area (Å²) in [6.07, 6.45) is 4.66. The molecule has 28 heavy (non-hydrogen) atoms. The summed E-state index contributed by atoms with van der Waals surface area (Å²) in [5, 5.41) is 0. The molecule has 0 saturated carbocycles. The molecule has 3 rings (SSSR count). The molecule has 0 fully saturated rings. The summed E-state index contributed by atoms with van der Waals surface area (Å²) < 4.78 is 0. The lowest BCUT2D eigenvalue weighted by atomic mass is 10.1. The Morgan fingerprint density at radius 3 is 2.11 bits per heavy atom. The summed E-state index contributed by atoms with van der Waals surface area (Å²) in [5.74, 6) is 1.80. The summed E-state index contributed by atoms with van der Waals surface area (Å²) in [6.45, 7) is 3.66. The van der Waals surface area contributed by atoms with Crippen molar-refractivity contribution in [2.24, 2.45) is 0 Å². The molecule has 1 aliphatic heterocycles. The second kappa shape index (κ2) is 9.12. The first-order valence-corrected chi connectivity index (χ1v) is 9.77. The molecule has 7 heteroatoms. The molecule has 0 spiro atoms. The molecule has 0 radical (unpaired) electrons. The van der Waals surface area contributed by atoms with E-state index in [1.165, 1.54) is 0 Å². The monoisotopic (exact) mass is 382 g/mol. The molecule has 0 amide bonds. The van der Waals surface area contributed by atoms with Crippen molar-refractivity contribution in [2.75, 3.05) is 64.2 Å². The lowest BCUT2D eigenvalue weighted by molar-refractivity contribution is 0.111. The molecule has 2 aromatic heterocycles. The van der Waals surface area contributed by atoms with Crippen LogP contribution >= 0.6 is 0 Å². The highest BCUT2D eigenvalue weighted by Gasteiger charge is 2.30. The quantitative estimate of drug-likeness (QED) is 0.618. The van der Waals surface area contributed by atoms with Crippen molar-refractivity contribution in [3.05, 3.63) is 36.2 Å². The number of aromatic nitrogens is 2. The van der Waals surface area contributed by atoms with E-state index in [1.807, 2.05) is 18.3 Å². The van der Waals surface area contributed by atoms with Gasteiger partial charge >= 0.3 is 0 Å². The number of carbonyl (C=O) groups excluding carboxylic acids is 1. The van der Waals surface area contributed by atoms with Crippen LogP contribution in [0.1, 0.15) is 23.3 Å². The molecular weight excluding hydrogens is 352 g/mol. The van der Waals surface area contributed by atoms with Crippen molar-refractivity contribution in [3.8, 4) is 0 Å². The predicted molar refractivity (Wildman–Crippen MR) is 114 cm³/mol. The SMILES string of the molecule is CN(C)CCCN1c2ccc(C=O)nc2N(CCCN(C)C)c2cccnc21. The third kappa shape index (κ3) is 4.48. The summed E-state index contributed by atoms with van der Waals surface area (Å²) in [6, 6.07) is 7.84. The van der Waals surface area contributed by atoms with Crippen LogP contribution in [0.15, 0.2) is 30.5 Å². The second-order valence-electron chi connectivity index (χ2n) is 7.66. The van der Waals surface area contributed by atoms with E-state index in [4.69, 9.17) is 4.98 Å². The van der Waals surface area contributed by atoms with Crippen LogP contribution in [0.25, 0.3) is 0 Å². The molecule has 3 heterocycles. The Morgan fingerprint density at radius 1 is 0.893 bits per heavy atom. The van der Waals surface area contributed by atoms with Crippen LogP contribution in [0.2, 0.25) is 0 Å². The minimum Gasteiger partial charge on any atom is -0.321 e. The lowest BCUT2D eigenvalue weighted by Gasteiger charge is -2.38. The van der Waals surface area contributed by atoms with Gasteiger partial charge in [0.05, 0.1) is 11.4 Å². The van der Waals surface area contributed by atoms with Crippen molar-refractivity contribution in [2.45, 2.75) is 12.8 Å². The number of pyridine rings is 2. The number of anilines is 4. The molecule has 2 aromatic rings. The first-order chi connectivity index (χ1) is 13.5. The average Bonchev–Trinajstić information content (AvgIpc) is 2.68. The van der Waals surface area contributed by atoms with Crippen molar-refractivity contribution >= 4 is 29.3 Å². The molecule has 0 saturated heterocycles. The van der Waals surface area contributed by atoms with Gasteiger partial charge < -0.3 is 19.6 Å². The predicted octanol–water partition coefficient (Wildman–Crippen LogP) is 2.78. The van der Waals surface area contributed by atoms with Crippen molar-refractivity contribution in [3.63, 3.8) is 0 Å². The van der Waals surface area contributed by atoms with Crippen LogP contribution in [0.4, 0.5) is 23.0 Å². The normalized spacial score (nSPS) is 13.1. The Morgan fingerprint density at radius 2 is 1.50 bits per heavy atom. The van der Waals surface area contributed by atoms with E-state index in [-0.39, 0.29) is 0 Å². The smallest absolute Gasteiger partial charge is 0.168 e. The topological polar surface area (TPSA) is 55.8 Å². The van der Waals surface area contributed by atoms with E-state index < -0.39 is 0 Å². The highest BCUT2D eigenvalue weighted by Crippen LogP contribution is 2.45. The third-order valence-electron chi connectivity index (χ3n) is 4.83. The zero-order valence-corrected chi connectivity index (χ0v) is 17.3. The van der Waals surface area contributed by atoms with Crippen LogP contribution in [-0.4, -0.2) is 80.4 Å². The zero-order chi connectivity index (χ0) is 20.1. The van der Waals surface area contributed by atoms with Crippen molar-refractivity contribution in [1.29, 1.82) is 0 Å². The van der Waals surface area contributed by atoms with Crippen molar-refractivity contribution in [1.82, 2.24) is 19.8 Å². The van der Waals surface area contributed by atoms with Crippen LogP contribution in [0.3, 0.4) is 0 Å². The Kier molecular flexibility index (Phi) is 6.59. The van der Waals surface area contributed by atoms with Gasteiger partial charge in [-0.05, 0) is 78.4 Å². The maximum Gasteiger partial charge on any atom is 0.168 e. The van der Waals surface area contributed by atoms with Gasteiger partial charge in [0.2, 0.25) is 0 Å². The van der Waals surface area contributed by atoms with Gasteiger partial charge in [-0.2, -0.15) is 0 Å². The number of hydrogen-bond acceptors (Lipinski definition) is 7. The number of nitrogens with zero attached hydrogens (tertiary/aromatic N) is 6. The first kappa shape index (κ1) is 20.2. The van der Waals surface area contributed by atoms with Gasteiger partial charge in [0, 0.05) is 19.3 Å². The Bertz CT molecular complexity index is 807. The molecule has 0 aromatic carbocycles. The van der Waals surface area contributed by atoms with Gasteiger partial charge in [0.1, 0.15) is 5.69 Å². The van der Waals surface area contributed by atoms with Gasteiger partial charge in [-0.25, -0.2) is 9.97 Å². The molecule has 7 nitrogen and oxygen atoms in total. The number of fused-ring (bicyclic) bond motifs is 2. The van der Waals surface area contributed by atoms with E-state index in [9.17, 15) is 4.79 Å². The summed E-state index contributed by atoms with van der Waals surface area (Å²) in [5.41, 5.74) is 2.52. The number of hydrogen-bond donors (Lipinski definition) is 0. The Hall–Kier alpha value is -2.51. The fraction of sp³-hybridized carbons (Fsp3) is 0.476. The summed E-state index contributed by atoms with van der Waals surface area (Å²) >= 11 is 0. The van der Waals surface area contributed by atoms with Crippen LogP contribution < -0.4 is 9.80 Å². The maximum atomic E-state index is 11.4. The minimum absolute atomic E-state index is 0.456. The van der Waals surface area contributed by atoms with E-state index in [1.54, 1.807) is 6.07 Å². The molecule has 0 aliphatic carbocycles. The van der Waals surface area contributed by atoms with E-state index in [2.05, 4.69) is 58.8 Å². The number of carbonyl (C=O) groups is 1. The fourth-order valence-corrected chi connectivity index (χ4v) is 3.51. The molecule has 1 aliphatic rings. The van der Waals surface area contributed by atoms with Gasteiger partial charge in [-0.15, -0.1) is 0 Å². The van der Waals surface area contributed by atoms with Gasteiger partial charge in [-0.3, -0.25) is 4.79 Å². The zero-order valence-electron chi connectivity index (χ0n) is 17.3. The average molecular weight is 383 g/mol. The molecule has 150 valence electrons. The highest BCUT2D eigenvalue weighted by atomic mass is 16.1. The largest absolute Gasteiger partial charge is 0.321 e. The number of rotatable bonds is 9. The lowest BCUT2D eigenvalue weighted by Crippen LogP contribution is -2.34. The standard InChI is InChI=1S/C21H30N6O/c1-24(2)12-6-14-26-19-10-9-17(16-28)23-21(19)27(15-7-13-25(3)4)18-8-5-11-22-20(18)26/h5,8-11,16H,6-7,12-15H2,1-4H3.